The van der Waals surface area contributed by atoms with Gasteiger partial charge in [-0.25, -0.2) is 8.60 Å². The number of fused-ring (bicyclic) bond motifs is 2. The molecule has 30 heavy (non-hydrogen) atoms. The molecule has 1 aromatic heterocycles. The van der Waals surface area contributed by atoms with Crippen molar-refractivity contribution >= 4 is 33.1 Å². The van der Waals surface area contributed by atoms with Crippen LogP contribution in [0.4, 0.5) is 4.39 Å². The fourth-order valence-electron chi connectivity index (χ4n) is 4.59. The van der Waals surface area contributed by atoms with Crippen LogP contribution in [0.1, 0.15) is 32.9 Å². The van der Waals surface area contributed by atoms with Crippen LogP contribution < -0.4 is 0 Å². The van der Waals surface area contributed by atoms with Crippen LogP contribution in [0.5, 0.6) is 0 Å². The van der Waals surface area contributed by atoms with E-state index in [0.29, 0.717) is 35.7 Å². The Balaban J connectivity index is 1.47. The predicted octanol–water partition coefficient (Wildman–Crippen LogP) is 3.23. The zero-order valence-electron chi connectivity index (χ0n) is 17.0. The molecule has 0 N–H and O–H groups in total. The van der Waals surface area contributed by atoms with Gasteiger partial charge >= 0.3 is 0 Å². The van der Waals surface area contributed by atoms with Gasteiger partial charge in [0.05, 0.1) is 27.4 Å². The number of likely N-dealkylation sites (tertiary alicyclic amines) is 1. The summed E-state index contributed by atoms with van der Waals surface area (Å²) in [7, 11) is -2.66. The smallest absolute Gasteiger partial charge is 0.258 e. The van der Waals surface area contributed by atoms with Gasteiger partial charge in [-0.05, 0) is 61.3 Å². The van der Waals surface area contributed by atoms with Gasteiger partial charge in [-0.1, -0.05) is 12.1 Å². The van der Waals surface area contributed by atoms with Crippen molar-refractivity contribution < 1.29 is 18.2 Å². The van der Waals surface area contributed by atoms with Gasteiger partial charge in [0.2, 0.25) is 0 Å². The highest BCUT2D eigenvalue weighted by molar-refractivity contribution is 7.93. The zero-order chi connectivity index (χ0) is 21.5. The summed E-state index contributed by atoms with van der Waals surface area (Å²) in [5.41, 5.74) is 1.95. The Morgan fingerprint density at radius 3 is 2.57 bits per heavy atom. The fraction of sp³-hybridized carbons (Fsp3) is 0.476. The monoisotopic (exact) mass is 449 g/mol. The molecular weight excluding hydrogens is 425 g/mol. The van der Waals surface area contributed by atoms with Crippen LogP contribution in [-0.4, -0.2) is 49.9 Å². The number of rotatable bonds is 3. The van der Waals surface area contributed by atoms with Crippen LogP contribution in [0.15, 0.2) is 28.6 Å². The first-order valence-electron chi connectivity index (χ1n) is 9.94. The second-order valence-corrected chi connectivity index (χ2v) is 11.6. The molecule has 0 spiro atoms. The molecular formula is C21H24FN3O3S2. The van der Waals surface area contributed by atoms with E-state index in [9.17, 15) is 18.2 Å². The predicted molar refractivity (Wildman–Crippen MR) is 115 cm³/mol. The quantitative estimate of drug-likeness (QED) is 0.721. The highest BCUT2D eigenvalue weighted by Crippen LogP contribution is 2.33. The number of hydrogen-bond donors (Lipinski definition) is 0. The van der Waals surface area contributed by atoms with Crippen LogP contribution in [0.25, 0.3) is 0 Å². The topological polar surface area (TPSA) is 79.7 Å². The number of amides is 2. The summed E-state index contributed by atoms with van der Waals surface area (Å²) in [4.78, 5) is 28.2. The molecule has 160 valence electrons. The molecule has 2 aromatic rings. The minimum absolute atomic E-state index is 0.0130. The summed E-state index contributed by atoms with van der Waals surface area (Å²) in [6.45, 7) is 4.79. The molecule has 2 amide bonds. The van der Waals surface area contributed by atoms with Gasteiger partial charge < -0.3 is 4.90 Å². The number of benzene rings is 1. The molecule has 0 saturated carbocycles. The second kappa shape index (κ2) is 8.19. The van der Waals surface area contributed by atoms with E-state index in [1.54, 1.807) is 12.1 Å². The first-order chi connectivity index (χ1) is 14.2. The molecule has 4 rings (SSSR count). The maximum absolute atomic E-state index is 13.3. The summed E-state index contributed by atoms with van der Waals surface area (Å²) in [5.74, 6) is -0.133. The maximum atomic E-state index is 13.3. The molecule has 2 atom stereocenters. The van der Waals surface area contributed by atoms with Gasteiger partial charge in [0, 0.05) is 29.5 Å². The lowest BCUT2D eigenvalue weighted by atomic mass is 9.90. The van der Waals surface area contributed by atoms with Crippen molar-refractivity contribution in [1.29, 1.82) is 0 Å². The standard InChI is InChI=1S/C21H24FN3O3S2/c1-13-20(14(2)29-23-13)21(27)25-9-16-6-17(10-25)12-30(28,11-16)24-19(26)8-15-4-3-5-18(22)7-15/h3-5,7,16-17H,6,8-12H2,1-2H3. The molecule has 2 unspecified atom stereocenters. The Labute approximate surface area is 179 Å². The van der Waals surface area contributed by atoms with Crippen molar-refractivity contribution in [3.8, 4) is 0 Å². The van der Waals surface area contributed by atoms with Gasteiger partial charge in [-0.15, -0.1) is 0 Å². The fourth-order valence-corrected chi connectivity index (χ4v) is 7.96. The van der Waals surface area contributed by atoms with Crippen LogP contribution >= 0.6 is 11.5 Å². The van der Waals surface area contributed by atoms with Gasteiger partial charge in [0.1, 0.15) is 5.82 Å². The first-order valence-corrected chi connectivity index (χ1v) is 12.6. The van der Waals surface area contributed by atoms with Crippen molar-refractivity contribution in [2.24, 2.45) is 16.2 Å². The number of piperidine rings is 1. The zero-order valence-corrected chi connectivity index (χ0v) is 18.6. The molecule has 1 aromatic carbocycles. The summed E-state index contributed by atoms with van der Waals surface area (Å²) < 4.78 is 35.0. The molecule has 3 heterocycles. The normalized spacial score (nSPS) is 25.8. The number of nitrogens with zero attached hydrogens (tertiary/aromatic N) is 3. The Hall–Kier alpha value is -2.13. The third-order valence-electron chi connectivity index (χ3n) is 5.66. The number of hydrogen-bond acceptors (Lipinski definition) is 5. The molecule has 9 heteroatoms. The number of aryl methyl sites for hydroxylation is 2. The lowest BCUT2D eigenvalue weighted by Gasteiger charge is -2.42. The van der Waals surface area contributed by atoms with Crippen molar-refractivity contribution in [1.82, 2.24) is 9.27 Å². The Bertz CT molecular complexity index is 1080. The molecule has 0 radical (unpaired) electrons. The lowest BCUT2D eigenvalue weighted by Crippen LogP contribution is -2.51. The first kappa shape index (κ1) is 21.1. The van der Waals surface area contributed by atoms with Crippen molar-refractivity contribution in [2.45, 2.75) is 26.7 Å². The van der Waals surface area contributed by atoms with E-state index in [4.69, 9.17) is 0 Å². The van der Waals surface area contributed by atoms with Gasteiger partial charge in [0.25, 0.3) is 11.8 Å². The molecule has 2 saturated heterocycles. The average molecular weight is 450 g/mol. The van der Waals surface area contributed by atoms with Crippen molar-refractivity contribution in [3.05, 3.63) is 51.8 Å². The highest BCUT2D eigenvalue weighted by atomic mass is 32.2. The van der Waals surface area contributed by atoms with E-state index in [0.717, 1.165) is 17.0 Å². The van der Waals surface area contributed by atoms with Crippen LogP contribution in [-0.2, 0) is 20.9 Å². The summed E-state index contributed by atoms with van der Waals surface area (Å²) in [5, 5.41) is 0. The van der Waals surface area contributed by atoms with Crippen molar-refractivity contribution in [2.75, 3.05) is 24.6 Å². The Morgan fingerprint density at radius 2 is 1.97 bits per heavy atom. The summed E-state index contributed by atoms with van der Waals surface area (Å²) >= 11 is 1.33. The van der Waals surface area contributed by atoms with E-state index < -0.39 is 21.5 Å². The van der Waals surface area contributed by atoms with Crippen LogP contribution in [0, 0.1) is 31.5 Å². The summed E-state index contributed by atoms with van der Waals surface area (Å²) in [6.07, 6.45) is 0.840. The van der Waals surface area contributed by atoms with E-state index in [1.807, 2.05) is 18.7 Å². The molecule has 0 aliphatic carbocycles. The summed E-state index contributed by atoms with van der Waals surface area (Å²) in [6, 6.07) is 5.81. The maximum Gasteiger partial charge on any atom is 0.258 e. The van der Waals surface area contributed by atoms with Gasteiger partial charge in [-0.2, -0.15) is 8.74 Å². The van der Waals surface area contributed by atoms with Gasteiger partial charge in [-0.3, -0.25) is 9.59 Å². The molecule has 2 aliphatic heterocycles. The van der Waals surface area contributed by atoms with Crippen molar-refractivity contribution in [3.63, 3.8) is 0 Å². The lowest BCUT2D eigenvalue weighted by molar-refractivity contribution is -0.117. The number of aromatic nitrogens is 1. The Kier molecular flexibility index (Phi) is 5.76. The molecule has 2 fully saturated rings. The number of carbonyl (C=O) groups excluding carboxylic acids is 2. The minimum atomic E-state index is -2.66. The average Bonchev–Trinajstić information content (AvgIpc) is 2.98. The van der Waals surface area contributed by atoms with Crippen LogP contribution in [0.3, 0.4) is 0 Å². The second-order valence-electron chi connectivity index (χ2n) is 8.27. The largest absolute Gasteiger partial charge is 0.338 e. The third kappa shape index (κ3) is 4.46. The minimum Gasteiger partial charge on any atom is -0.338 e. The molecule has 2 bridgehead atoms. The molecule has 6 nitrogen and oxygen atoms in total. The van der Waals surface area contributed by atoms with Crippen LogP contribution in [0.2, 0.25) is 0 Å². The SMILES string of the molecule is Cc1nsc(C)c1C(=O)N1CC2CC(C1)CS(=O)(=NC(=O)Cc1cccc(F)c1)C2. The van der Waals surface area contributed by atoms with E-state index >= 15 is 0 Å². The van der Waals surface area contributed by atoms with E-state index in [1.165, 1.54) is 23.7 Å². The number of halogens is 1. The molecule has 2 aliphatic rings. The van der Waals surface area contributed by atoms with Gasteiger partial charge in [0.15, 0.2) is 0 Å². The Morgan fingerprint density at radius 1 is 1.27 bits per heavy atom. The number of carbonyl (C=O) groups is 2. The van der Waals surface area contributed by atoms with E-state index in [-0.39, 0.29) is 24.2 Å². The van der Waals surface area contributed by atoms with E-state index in [2.05, 4.69) is 8.74 Å². The third-order valence-corrected chi connectivity index (χ3v) is 9.03. The highest BCUT2D eigenvalue weighted by Gasteiger charge is 2.39.